The average molecular weight is 222 g/mol. The van der Waals surface area contributed by atoms with E-state index in [1.165, 1.54) is 12.8 Å². The number of carbonyl (C=O) groups is 1. The van der Waals surface area contributed by atoms with Gasteiger partial charge in [-0.1, -0.05) is 13.3 Å². The zero-order valence-corrected chi connectivity index (χ0v) is 9.53. The van der Waals surface area contributed by atoms with Crippen LogP contribution < -0.4 is 11.1 Å². The fourth-order valence-corrected chi connectivity index (χ4v) is 1.96. The summed E-state index contributed by atoms with van der Waals surface area (Å²) in [6.07, 6.45) is 3.47. The Kier molecular flexibility index (Phi) is 3.29. The second kappa shape index (κ2) is 4.70. The molecule has 0 spiro atoms. The van der Waals surface area contributed by atoms with Crippen molar-refractivity contribution in [2.24, 2.45) is 11.7 Å². The lowest BCUT2D eigenvalue weighted by Gasteiger charge is -2.01. The van der Waals surface area contributed by atoms with E-state index in [0.717, 1.165) is 6.42 Å². The maximum absolute atomic E-state index is 11.7. The smallest absolute Gasteiger partial charge is 0.287 e. The predicted molar refractivity (Wildman–Crippen MR) is 60.9 cm³/mol. The van der Waals surface area contributed by atoms with Crippen LogP contribution in [0.15, 0.2) is 16.5 Å². The molecule has 4 heteroatoms. The third kappa shape index (κ3) is 2.44. The number of hydrogen-bond acceptors (Lipinski definition) is 3. The van der Waals surface area contributed by atoms with E-state index in [9.17, 15) is 4.79 Å². The molecule has 0 saturated heterocycles. The monoisotopic (exact) mass is 222 g/mol. The van der Waals surface area contributed by atoms with Crippen LogP contribution in [0, 0.1) is 5.92 Å². The Morgan fingerprint density at radius 3 is 3.06 bits per heavy atom. The van der Waals surface area contributed by atoms with Crippen molar-refractivity contribution in [3.05, 3.63) is 23.7 Å². The van der Waals surface area contributed by atoms with Gasteiger partial charge in [0.1, 0.15) is 5.76 Å². The highest BCUT2D eigenvalue weighted by atomic mass is 16.4. The predicted octanol–water partition coefficient (Wildman–Crippen LogP) is 1.66. The number of nitrogens with one attached hydrogen (secondary N) is 1. The van der Waals surface area contributed by atoms with Gasteiger partial charge in [0, 0.05) is 6.04 Å². The molecule has 0 radical (unpaired) electrons. The summed E-state index contributed by atoms with van der Waals surface area (Å²) in [6.45, 7) is 2.49. The highest BCUT2D eigenvalue weighted by molar-refractivity contribution is 5.91. The Morgan fingerprint density at radius 2 is 2.44 bits per heavy atom. The van der Waals surface area contributed by atoms with Gasteiger partial charge in [0.2, 0.25) is 0 Å². The van der Waals surface area contributed by atoms with E-state index in [1.54, 1.807) is 12.1 Å². The molecule has 88 valence electrons. The van der Waals surface area contributed by atoms with E-state index in [1.807, 2.05) is 0 Å². The normalized spacial score (nSPS) is 23.1. The van der Waals surface area contributed by atoms with Crippen molar-refractivity contribution >= 4 is 5.91 Å². The molecular weight excluding hydrogens is 204 g/mol. The molecule has 0 aromatic carbocycles. The maximum atomic E-state index is 11.7. The van der Waals surface area contributed by atoms with Crippen LogP contribution in [-0.2, 0) is 6.54 Å². The van der Waals surface area contributed by atoms with E-state index < -0.39 is 0 Å². The summed E-state index contributed by atoms with van der Waals surface area (Å²) in [4.78, 5) is 11.7. The molecule has 4 nitrogen and oxygen atoms in total. The van der Waals surface area contributed by atoms with E-state index in [4.69, 9.17) is 10.2 Å². The van der Waals surface area contributed by atoms with Crippen molar-refractivity contribution < 1.29 is 9.21 Å². The number of nitrogens with two attached hydrogens (primary N) is 1. The molecule has 2 atom stereocenters. The molecule has 1 aliphatic rings. The van der Waals surface area contributed by atoms with Crippen LogP contribution in [0.25, 0.3) is 0 Å². The third-order valence-electron chi connectivity index (χ3n) is 2.99. The molecule has 3 N–H and O–H groups in total. The van der Waals surface area contributed by atoms with Crippen LogP contribution in [0.5, 0.6) is 0 Å². The standard InChI is InChI=1S/C12H18N2O2/c1-2-3-8-6-10(8)14-12(15)11-5-4-9(7-13)16-11/h4-5,8,10H,2-3,6-7,13H2,1H3,(H,14,15). The Balaban J connectivity index is 1.84. The minimum absolute atomic E-state index is 0.122. The van der Waals surface area contributed by atoms with Crippen molar-refractivity contribution in [1.82, 2.24) is 5.32 Å². The molecular formula is C12H18N2O2. The zero-order chi connectivity index (χ0) is 11.5. The van der Waals surface area contributed by atoms with Crippen molar-refractivity contribution in [3.8, 4) is 0 Å². The van der Waals surface area contributed by atoms with Gasteiger partial charge >= 0.3 is 0 Å². The van der Waals surface area contributed by atoms with Gasteiger partial charge in [-0.15, -0.1) is 0 Å². The third-order valence-corrected chi connectivity index (χ3v) is 2.99. The average Bonchev–Trinajstić information content (AvgIpc) is 2.84. The molecule has 2 unspecified atom stereocenters. The second-order valence-corrected chi connectivity index (χ2v) is 4.33. The molecule has 1 aliphatic carbocycles. The summed E-state index contributed by atoms with van der Waals surface area (Å²) >= 11 is 0. The van der Waals surface area contributed by atoms with Crippen LogP contribution in [0.2, 0.25) is 0 Å². The highest BCUT2D eigenvalue weighted by Gasteiger charge is 2.37. The van der Waals surface area contributed by atoms with Crippen LogP contribution in [0.1, 0.15) is 42.5 Å². The lowest BCUT2D eigenvalue weighted by atomic mass is 10.2. The van der Waals surface area contributed by atoms with Gasteiger partial charge < -0.3 is 15.5 Å². The SMILES string of the molecule is CCCC1CC1NC(=O)c1ccc(CN)o1. The van der Waals surface area contributed by atoms with Crippen molar-refractivity contribution in [3.63, 3.8) is 0 Å². The summed E-state index contributed by atoms with van der Waals surface area (Å²) in [6, 6.07) is 3.76. The lowest BCUT2D eigenvalue weighted by molar-refractivity contribution is 0.0919. The van der Waals surface area contributed by atoms with Gasteiger partial charge in [-0.05, 0) is 30.9 Å². The minimum atomic E-state index is -0.122. The van der Waals surface area contributed by atoms with E-state index in [-0.39, 0.29) is 5.91 Å². The van der Waals surface area contributed by atoms with E-state index >= 15 is 0 Å². The zero-order valence-electron chi connectivity index (χ0n) is 9.53. The molecule has 1 fully saturated rings. The quantitative estimate of drug-likeness (QED) is 0.796. The summed E-state index contributed by atoms with van der Waals surface area (Å²) in [5, 5.41) is 2.97. The van der Waals surface area contributed by atoms with E-state index in [2.05, 4.69) is 12.2 Å². The number of hydrogen-bond donors (Lipinski definition) is 2. The molecule has 1 amide bonds. The van der Waals surface area contributed by atoms with Gasteiger partial charge in [-0.3, -0.25) is 4.79 Å². The van der Waals surface area contributed by atoms with Crippen LogP contribution in [-0.4, -0.2) is 11.9 Å². The fraction of sp³-hybridized carbons (Fsp3) is 0.583. The first-order chi connectivity index (χ1) is 7.74. The summed E-state index contributed by atoms with van der Waals surface area (Å²) < 4.78 is 5.28. The first-order valence-corrected chi connectivity index (χ1v) is 5.84. The molecule has 1 aromatic heterocycles. The van der Waals surface area contributed by atoms with Crippen molar-refractivity contribution in [2.45, 2.75) is 38.8 Å². The van der Waals surface area contributed by atoms with Crippen molar-refractivity contribution in [1.29, 1.82) is 0 Å². The number of amides is 1. The van der Waals surface area contributed by atoms with E-state index in [0.29, 0.717) is 30.0 Å². The van der Waals surface area contributed by atoms with Crippen LogP contribution >= 0.6 is 0 Å². The van der Waals surface area contributed by atoms with Crippen LogP contribution in [0.4, 0.5) is 0 Å². The Bertz CT molecular complexity index is 373. The Hall–Kier alpha value is -1.29. The number of furan rings is 1. The second-order valence-electron chi connectivity index (χ2n) is 4.33. The summed E-state index contributed by atoms with van der Waals surface area (Å²) in [7, 11) is 0. The number of carbonyl (C=O) groups excluding carboxylic acids is 1. The largest absolute Gasteiger partial charge is 0.455 e. The topological polar surface area (TPSA) is 68.3 Å². The highest BCUT2D eigenvalue weighted by Crippen LogP contribution is 2.34. The molecule has 1 heterocycles. The van der Waals surface area contributed by atoms with Gasteiger partial charge in [0.05, 0.1) is 6.54 Å². The summed E-state index contributed by atoms with van der Waals surface area (Å²) in [5.41, 5.74) is 5.41. The molecule has 16 heavy (non-hydrogen) atoms. The maximum Gasteiger partial charge on any atom is 0.287 e. The number of rotatable bonds is 5. The van der Waals surface area contributed by atoms with Crippen molar-refractivity contribution in [2.75, 3.05) is 0 Å². The fourth-order valence-electron chi connectivity index (χ4n) is 1.96. The van der Waals surface area contributed by atoms with Gasteiger partial charge in [0.15, 0.2) is 5.76 Å². The first kappa shape index (κ1) is 11.2. The molecule has 1 saturated carbocycles. The van der Waals surface area contributed by atoms with Gasteiger partial charge in [0.25, 0.3) is 5.91 Å². The molecule has 2 rings (SSSR count). The molecule has 0 aliphatic heterocycles. The Labute approximate surface area is 95.2 Å². The van der Waals surface area contributed by atoms with Gasteiger partial charge in [-0.2, -0.15) is 0 Å². The minimum Gasteiger partial charge on any atom is -0.455 e. The van der Waals surface area contributed by atoms with Crippen LogP contribution in [0.3, 0.4) is 0 Å². The van der Waals surface area contributed by atoms with Gasteiger partial charge in [-0.25, -0.2) is 0 Å². The first-order valence-electron chi connectivity index (χ1n) is 5.84. The summed E-state index contributed by atoms with van der Waals surface area (Å²) in [5.74, 6) is 1.55. The Morgan fingerprint density at radius 1 is 1.62 bits per heavy atom. The lowest BCUT2D eigenvalue weighted by Crippen LogP contribution is -2.26. The molecule has 1 aromatic rings. The molecule has 0 bridgehead atoms.